The van der Waals surface area contributed by atoms with E-state index in [1.165, 1.54) is 4.90 Å². The van der Waals surface area contributed by atoms with Crippen molar-refractivity contribution in [2.24, 2.45) is 7.05 Å². The topological polar surface area (TPSA) is 80.1 Å². The number of pyridine rings is 1. The minimum absolute atomic E-state index is 0.352. The van der Waals surface area contributed by atoms with Gasteiger partial charge >= 0.3 is 11.8 Å². The van der Waals surface area contributed by atoms with E-state index >= 15 is 0 Å². The Bertz CT molecular complexity index is 721. The number of rotatable bonds is 4. The van der Waals surface area contributed by atoms with Gasteiger partial charge in [0.1, 0.15) is 0 Å². The van der Waals surface area contributed by atoms with Gasteiger partial charge in [0.25, 0.3) is 0 Å². The number of hydrogen-bond acceptors (Lipinski definition) is 4. The number of carbonyl (C=O) groups excluding carboxylic acids is 2. The molecule has 120 valence electrons. The molecule has 0 saturated heterocycles. The van der Waals surface area contributed by atoms with Crippen LogP contribution >= 0.6 is 0 Å². The van der Waals surface area contributed by atoms with Crippen LogP contribution in [0.15, 0.2) is 30.6 Å². The van der Waals surface area contributed by atoms with Gasteiger partial charge in [0.15, 0.2) is 5.82 Å². The first-order valence-electron chi connectivity index (χ1n) is 7.54. The molecule has 1 aliphatic carbocycles. The first-order valence-corrected chi connectivity index (χ1v) is 7.54. The Hall–Kier alpha value is -2.70. The Kier molecular flexibility index (Phi) is 4.10. The van der Waals surface area contributed by atoms with Crippen molar-refractivity contribution in [2.75, 3.05) is 12.4 Å². The van der Waals surface area contributed by atoms with Crippen molar-refractivity contribution < 1.29 is 9.59 Å². The Morgan fingerprint density at radius 1 is 1.35 bits per heavy atom. The van der Waals surface area contributed by atoms with E-state index in [0.717, 1.165) is 24.1 Å². The minimum Gasteiger partial charge on any atom is -0.333 e. The van der Waals surface area contributed by atoms with Gasteiger partial charge in [-0.1, -0.05) is 0 Å². The summed E-state index contributed by atoms with van der Waals surface area (Å²) >= 11 is 0. The highest BCUT2D eigenvalue weighted by Gasteiger charge is 2.28. The average molecular weight is 313 g/mol. The van der Waals surface area contributed by atoms with Gasteiger partial charge in [-0.15, -0.1) is 0 Å². The third-order valence-electron chi connectivity index (χ3n) is 3.86. The molecule has 0 unspecified atom stereocenters. The summed E-state index contributed by atoms with van der Waals surface area (Å²) in [6.45, 7) is 0.352. The molecule has 7 heteroatoms. The second kappa shape index (κ2) is 6.20. The standard InChI is InChI=1S/C16H19N5O2/c1-20(10-11-5-7-17-8-6-11)16(23)15(22)18-14-9-13(12-3-4-12)21(2)19-14/h5-9,12H,3-4,10H2,1-2H3,(H,18,19,22). The van der Waals surface area contributed by atoms with Gasteiger partial charge in [0.2, 0.25) is 0 Å². The van der Waals surface area contributed by atoms with Gasteiger partial charge in [-0.25, -0.2) is 0 Å². The van der Waals surface area contributed by atoms with Crippen molar-refractivity contribution in [1.82, 2.24) is 19.7 Å². The zero-order valence-corrected chi connectivity index (χ0v) is 13.2. The van der Waals surface area contributed by atoms with Crippen LogP contribution in [0.3, 0.4) is 0 Å². The lowest BCUT2D eigenvalue weighted by Crippen LogP contribution is -2.36. The third kappa shape index (κ3) is 3.56. The van der Waals surface area contributed by atoms with Crippen molar-refractivity contribution in [1.29, 1.82) is 0 Å². The highest BCUT2D eigenvalue weighted by atomic mass is 16.2. The molecule has 1 saturated carbocycles. The van der Waals surface area contributed by atoms with Gasteiger partial charge in [-0.05, 0) is 30.5 Å². The lowest BCUT2D eigenvalue weighted by Gasteiger charge is -2.16. The Morgan fingerprint density at radius 3 is 2.70 bits per heavy atom. The Morgan fingerprint density at radius 2 is 2.04 bits per heavy atom. The van der Waals surface area contributed by atoms with Crippen molar-refractivity contribution in [3.05, 3.63) is 41.9 Å². The van der Waals surface area contributed by atoms with Crippen LogP contribution < -0.4 is 5.32 Å². The number of aromatic nitrogens is 3. The first-order chi connectivity index (χ1) is 11.0. The SMILES string of the molecule is CN(Cc1ccncc1)C(=O)C(=O)Nc1cc(C2CC2)n(C)n1. The zero-order chi connectivity index (χ0) is 16.4. The first kappa shape index (κ1) is 15.2. The molecule has 23 heavy (non-hydrogen) atoms. The number of anilines is 1. The van der Waals surface area contributed by atoms with Gasteiger partial charge < -0.3 is 10.2 Å². The van der Waals surface area contributed by atoms with Gasteiger partial charge in [0.05, 0.1) is 0 Å². The molecule has 0 aromatic carbocycles. The molecule has 0 spiro atoms. The molecule has 2 amide bonds. The van der Waals surface area contributed by atoms with E-state index in [1.54, 1.807) is 24.1 Å². The molecule has 3 rings (SSSR count). The van der Waals surface area contributed by atoms with Gasteiger partial charge in [-0.2, -0.15) is 5.10 Å². The summed E-state index contributed by atoms with van der Waals surface area (Å²) in [5.74, 6) is -0.323. The lowest BCUT2D eigenvalue weighted by atomic mass is 10.2. The molecule has 2 heterocycles. The molecule has 0 bridgehead atoms. The zero-order valence-electron chi connectivity index (χ0n) is 13.2. The number of likely N-dealkylation sites (N-methyl/N-ethyl adjacent to an activating group) is 1. The highest BCUT2D eigenvalue weighted by molar-refractivity contribution is 6.39. The molecule has 2 aromatic heterocycles. The van der Waals surface area contributed by atoms with Crippen molar-refractivity contribution in [2.45, 2.75) is 25.3 Å². The molecule has 0 atom stereocenters. The van der Waals surface area contributed by atoms with Crippen LogP contribution in [0.1, 0.15) is 30.0 Å². The maximum Gasteiger partial charge on any atom is 0.315 e. The van der Waals surface area contributed by atoms with E-state index in [-0.39, 0.29) is 0 Å². The van der Waals surface area contributed by atoms with Gasteiger partial charge in [-0.3, -0.25) is 19.3 Å². The third-order valence-corrected chi connectivity index (χ3v) is 3.86. The summed E-state index contributed by atoms with van der Waals surface area (Å²) in [6.07, 6.45) is 5.61. The van der Waals surface area contributed by atoms with Crippen LogP contribution in [0.4, 0.5) is 5.82 Å². The minimum atomic E-state index is -0.679. The summed E-state index contributed by atoms with van der Waals surface area (Å²) in [4.78, 5) is 29.5. The number of nitrogens with zero attached hydrogens (tertiary/aromatic N) is 4. The summed E-state index contributed by atoms with van der Waals surface area (Å²) < 4.78 is 1.76. The molecular weight excluding hydrogens is 294 g/mol. The van der Waals surface area contributed by atoms with E-state index in [9.17, 15) is 9.59 Å². The number of nitrogens with one attached hydrogen (secondary N) is 1. The molecule has 2 aromatic rings. The monoisotopic (exact) mass is 313 g/mol. The smallest absolute Gasteiger partial charge is 0.315 e. The van der Waals surface area contributed by atoms with Crippen LogP contribution in [0, 0.1) is 0 Å². The Balaban J connectivity index is 1.60. The maximum atomic E-state index is 12.2. The fourth-order valence-corrected chi connectivity index (χ4v) is 2.48. The van der Waals surface area contributed by atoms with Crippen LogP contribution in [-0.4, -0.2) is 38.5 Å². The second-order valence-electron chi connectivity index (χ2n) is 5.82. The highest BCUT2D eigenvalue weighted by Crippen LogP contribution is 2.40. The molecule has 1 aliphatic rings. The second-order valence-corrected chi connectivity index (χ2v) is 5.82. The maximum absolute atomic E-state index is 12.2. The number of hydrogen-bond donors (Lipinski definition) is 1. The molecular formula is C16H19N5O2. The number of amides is 2. The van der Waals surface area contributed by atoms with E-state index in [1.807, 2.05) is 25.2 Å². The van der Waals surface area contributed by atoms with Crippen molar-refractivity contribution in [3.8, 4) is 0 Å². The fourth-order valence-electron chi connectivity index (χ4n) is 2.48. The van der Waals surface area contributed by atoms with E-state index in [0.29, 0.717) is 18.3 Å². The molecule has 1 fully saturated rings. The fraction of sp³-hybridized carbons (Fsp3) is 0.375. The summed E-state index contributed by atoms with van der Waals surface area (Å²) in [5, 5.41) is 6.82. The quantitative estimate of drug-likeness (QED) is 0.863. The van der Waals surface area contributed by atoms with E-state index in [4.69, 9.17) is 0 Å². The van der Waals surface area contributed by atoms with Gasteiger partial charge in [0, 0.05) is 50.7 Å². The molecule has 0 radical (unpaired) electrons. The largest absolute Gasteiger partial charge is 0.333 e. The van der Waals surface area contributed by atoms with Crippen LogP contribution in [0.2, 0.25) is 0 Å². The molecule has 0 aliphatic heterocycles. The number of aryl methyl sites for hydroxylation is 1. The Labute approximate surface area is 134 Å². The molecule has 7 nitrogen and oxygen atoms in total. The van der Waals surface area contributed by atoms with E-state index in [2.05, 4.69) is 15.4 Å². The average Bonchev–Trinajstić information content (AvgIpc) is 3.31. The van der Waals surface area contributed by atoms with Crippen LogP contribution in [0.5, 0.6) is 0 Å². The van der Waals surface area contributed by atoms with Crippen LogP contribution in [-0.2, 0) is 23.2 Å². The summed E-state index contributed by atoms with van der Waals surface area (Å²) in [6, 6.07) is 5.45. The van der Waals surface area contributed by atoms with Crippen molar-refractivity contribution in [3.63, 3.8) is 0 Å². The normalized spacial score (nSPS) is 13.7. The van der Waals surface area contributed by atoms with Crippen molar-refractivity contribution >= 4 is 17.6 Å². The number of carbonyl (C=O) groups is 2. The van der Waals surface area contributed by atoms with E-state index < -0.39 is 11.8 Å². The summed E-state index contributed by atoms with van der Waals surface area (Å²) in [5.41, 5.74) is 2.01. The predicted octanol–water partition coefficient (Wildman–Crippen LogP) is 1.29. The summed E-state index contributed by atoms with van der Waals surface area (Å²) in [7, 11) is 3.44. The van der Waals surface area contributed by atoms with Crippen LogP contribution in [0.25, 0.3) is 0 Å². The molecule has 1 N–H and O–H groups in total. The predicted molar refractivity (Wildman–Crippen MR) is 84.5 cm³/mol. The lowest BCUT2D eigenvalue weighted by molar-refractivity contribution is -0.142.